The molecule has 2 aromatic carbocycles. The van der Waals surface area contributed by atoms with Gasteiger partial charge in [0.2, 0.25) is 0 Å². The van der Waals surface area contributed by atoms with E-state index >= 15 is 0 Å². The third kappa shape index (κ3) is 6.01. The van der Waals surface area contributed by atoms with Crippen LogP contribution in [0, 0.1) is 0 Å². The van der Waals surface area contributed by atoms with Gasteiger partial charge < -0.3 is 10.1 Å². The molecule has 0 aliphatic rings. The molecule has 0 unspecified atom stereocenters. The first-order valence-corrected chi connectivity index (χ1v) is 7.85. The molecule has 0 aliphatic heterocycles. The molecule has 0 aliphatic carbocycles. The Balaban J connectivity index is 1.72. The minimum absolute atomic E-state index is 0.724. The first-order valence-electron chi connectivity index (χ1n) is 7.85. The van der Waals surface area contributed by atoms with Crippen molar-refractivity contribution >= 4 is 0 Å². The third-order valence-corrected chi connectivity index (χ3v) is 3.43. The first-order chi connectivity index (χ1) is 10.4. The van der Waals surface area contributed by atoms with Gasteiger partial charge in [-0.1, -0.05) is 55.8 Å². The van der Waals surface area contributed by atoms with Crippen molar-refractivity contribution in [1.82, 2.24) is 5.32 Å². The zero-order chi connectivity index (χ0) is 14.8. The highest BCUT2D eigenvalue weighted by molar-refractivity contribution is 5.31. The molecule has 21 heavy (non-hydrogen) atoms. The fourth-order valence-electron chi connectivity index (χ4n) is 2.20. The maximum Gasteiger partial charge on any atom is 0.119 e. The van der Waals surface area contributed by atoms with E-state index < -0.39 is 0 Å². The van der Waals surface area contributed by atoms with E-state index in [1.54, 1.807) is 0 Å². The topological polar surface area (TPSA) is 21.3 Å². The van der Waals surface area contributed by atoms with Crippen LogP contribution in [0.2, 0.25) is 0 Å². The van der Waals surface area contributed by atoms with Crippen LogP contribution in [0.15, 0.2) is 54.6 Å². The molecule has 0 bridgehead atoms. The van der Waals surface area contributed by atoms with Crippen molar-refractivity contribution in [2.45, 2.75) is 26.2 Å². The van der Waals surface area contributed by atoms with E-state index in [0.717, 1.165) is 31.9 Å². The Kier molecular flexibility index (Phi) is 6.82. The molecule has 0 amide bonds. The van der Waals surface area contributed by atoms with Gasteiger partial charge in [-0.25, -0.2) is 0 Å². The lowest BCUT2D eigenvalue weighted by Crippen LogP contribution is -2.21. The number of ether oxygens (including phenoxy) is 1. The fourth-order valence-corrected chi connectivity index (χ4v) is 2.20. The van der Waals surface area contributed by atoms with Crippen molar-refractivity contribution in [1.29, 1.82) is 0 Å². The summed E-state index contributed by atoms with van der Waals surface area (Å²) in [5, 5.41) is 3.38. The van der Waals surface area contributed by atoms with Crippen molar-refractivity contribution in [2.75, 3.05) is 19.7 Å². The predicted molar refractivity (Wildman–Crippen MR) is 89.0 cm³/mol. The highest BCUT2D eigenvalue weighted by Gasteiger charge is 1.97. The Morgan fingerprint density at radius 3 is 2.29 bits per heavy atom. The minimum Gasteiger partial charge on any atom is -0.492 e. The molecule has 0 radical (unpaired) electrons. The summed E-state index contributed by atoms with van der Waals surface area (Å²) in [6.45, 7) is 4.92. The number of nitrogens with one attached hydrogen (secondary N) is 1. The molecule has 112 valence electrons. The van der Waals surface area contributed by atoms with E-state index in [4.69, 9.17) is 4.74 Å². The average Bonchev–Trinajstić information content (AvgIpc) is 2.53. The average molecular weight is 283 g/mol. The van der Waals surface area contributed by atoms with Crippen molar-refractivity contribution in [3.63, 3.8) is 0 Å². The van der Waals surface area contributed by atoms with Gasteiger partial charge in [-0.2, -0.15) is 0 Å². The second-order valence-electron chi connectivity index (χ2n) is 5.26. The van der Waals surface area contributed by atoms with E-state index in [1.807, 2.05) is 0 Å². The lowest BCUT2D eigenvalue weighted by Gasteiger charge is -2.08. The second kappa shape index (κ2) is 9.19. The summed E-state index contributed by atoms with van der Waals surface area (Å²) in [6.07, 6.45) is 3.44. The molecule has 0 saturated carbocycles. The molecule has 2 aromatic rings. The van der Waals surface area contributed by atoms with Gasteiger partial charge in [-0.15, -0.1) is 0 Å². The van der Waals surface area contributed by atoms with E-state index in [-0.39, 0.29) is 0 Å². The molecule has 0 atom stereocenters. The summed E-state index contributed by atoms with van der Waals surface area (Å²) < 4.78 is 5.73. The third-order valence-electron chi connectivity index (χ3n) is 3.43. The normalized spacial score (nSPS) is 10.5. The largest absolute Gasteiger partial charge is 0.492 e. The van der Waals surface area contributed by atoms with Crippen LogP contribution in [0.4, 0.5) is 0 Å². The number of hydrogen-bond donors (Lipinski definition) is 1. The summed E-state index contributed by atoms with van der Waals surface area (Å²) >= 11 is 0. The number of hydrogen-bond acceptors (Lipinski definition) is 2. The molecule has 2 nitrogen and oxygen atoms in total. The Labute approximate surface area is 128 Å². The zero-order valence-corrected chi connectivity index (χ0v) is 12.8. The minimum atomic E-state index is 0.724. The van der Waals surface area contributed by atoms with Crippen LogP contribution < -0.4 is 10.1 Å². The van der Waals surface area contributed by atoms with Crippen LogP contribution in [-0.4, -0.2) is 19.7 Å². The van der Waals surface area contributed by atoms with Gasteiger partial charge in [0.15, 0.2) is 0 Å². The quantitative estimate of drug-likeness (QED) is 0.701. The second-order valence-corrected chi connectivity index (χ2v) is 5.26. The Bertz CT molecular complexity index is 493. The molecule has 1 N–H and O–H groups in total. The molecule has 0 aromatic heterocycles. The Morgan fingerprint density at radius 2 is 1.57 bits per heavy atom. The van der Waals surface area contributed by atoms with E-state index in [2.05, 4.69) is 66.8 Å². The van der Waals surface area contributed by atoms with Gasteiger partial charge in [-0.3, -0.25) is 0 Å². The molecule has 2 heteroatoms. The SMILES string of the molecule is CCCCNCCOc1ccc(Cc2ccccc2)cc1. The van der Waals surface area contributed by atoms with Gasteiger partial charge in [0.05, 0.1) is 0 Å². The molecule has 0 fully saturated rings. The van der Waals surface area contributed by atoms with Crippen molar-refractivity contribution in [2.24, 2.45) is 0 Å². The van der Waals surface area contributed by atoms with Gasteiger partial charge in [0.1, 0.15) is 12.4 Å². The summed E-state index contributed by atoms with van der Waals surface area (Å²) in [7, 11) is 0. The van der Waals surface area contributed by atoms with Crippen LogP contribution in [0.25, 0.3) is 0 Å². The van der Waals surface area contributed by atoms with Crippen LogP contribution in [0.3, 0.4) is 0 Å². The van der Waals surface area contributed by atoms with Crippen LogP contribution in [-0.2, 0) is 6.42 Å². The molecular formula is C19H25NO. The van der Waals surface area contributed by atoms with E-state index in [9.17, 15) is 0 Å². The predicted octanol–water partition coefficient (Wildman–Crippen LogP) is 4.05. The smallest absolute Gasteiger partial charge is 0.119 e. The van der Waals surface area contributed by atoms with Crippen LogP contribution in [0.5, 0.6) is 5.75 Å². The van der Waals surface area contributed by atoms with E-state index in [1.165, 1.54) is 24.0 Å². The maximum atomic E-state index is 5.73. The standard InChI is InChI=1S/C19H25NO/c1-2-3-13-20-14-15-21-19-11-9-18(10-12-19)16-17-7-5-4-6-8-17/h4-12,20H,2-3,13-16H2,1H3. The lowest BCUT2D eigenvalue weighted by molar-refractivity contribution is 0.313. The molecule has 0 spiro atoms. The highest BCUT2D eigenvalue weighted by atomic mass is 16.5. The summed E-state index contributed by atoms with van der Waals surface area (Å²) in [5.74, 6) is 0.948. The maximum absolute atomic E-state index is 5.73. The molecule has 2 rings (SSSR count). The molecule has 0 saturated heterocycles. The fraction of sp³-hybridized carbons (Fsp3) is 0.368. The molecule has 0 heterocycles. The van der Waals surface area contributed by atoms with E-state index in [0.29, 0.717) is 0 Å². The van der Waals surface area contributed by atoms with Gasteiger partial charge in [-0.05, 0) is 42.6 Å². The highest BCUT2D eigenvalue weighted by Crippen LogP contribution is 2.15. The first kappa shape index (κ1) is 15.6. The summed E-state index contributed by atoms with van der Waals surface area (Å²) in [6, 6.07) is 18.9. The van der Waals surface area contributed by atoms with Gasteiger partial charge in [0.25, 0.3) is 0 Å². The van der Waals surface area contributed by atoms with Crippen molar-refractivity contribution in [3.8, 4) is 5.75 Å². The Hall–Kier alpha value is -1.80. The zero-order valence-electron chi connectivity index (χ0n) is 12.8. The number of benzene rings is 2. The van der Waals surface area contributed by atoms with Crippen LogP contribution in [0.1, 0.15) is 30.9 Å². The summed E-state index contributed by atoms with van der Waals surface area (Å²) in [4.78, 5) is 0. The van der Waals surface area contributed by atoms with Gasteiger partial charge in [0, 0.05) is 6.54 Å². The number of unbranched alkanes of at least 4 members (excludes halogenated alkanes) is 1. The Morgan fingerprint density at radius 1 is 0.857 bits per heavy atom. The summed E-state index contributed by atoms with van der Waals surface area (Å²) in [5.41, 5.74) is 2.65. The molecular weight excluding hydrogens is 258 g/mol. The van der Waals surface area contributed by atoms with Crippen molar-refractivity contribution < 1.29 is 4.74 Å². The van der Waals surface area contributed by atoms with Crippen molar-refractivity contribution in [3.05, 3.63) is 65.7 Å². The number of rotatable bonds is 9. The van der Waals surface area contributed by atoms with Gasteiger partial charge >= 0.3 is 0 Å². The monoisotopic (exact) mass is 283 g/mol. The van der Waals surface area contributed by atoms with Crippen LogP contribution >= 0.6 is 0 Å². The lowest BCUT2D eigenvalue weighted by atomic mass is 10.1.